The number of carbonyl (C=O) groups excluding carboxylic acids is 2. The molecule has 0 aliphatic carbocycles. The van der Waals surface area contributed by atoms with Crippen LogP contribution >= 0.6 is 11.3 Å². The Labute approximate surface area is 164 Å². The molecule has 148 valence electrons. The maximum absolute atomic E-state index is 12.6. The maximum Gasteiger partial charge on any atom is 0.250 e. The Morgan fingerprint density at radius 1 is 1.50 bits per heavy atom. The van der Waals surface area contributed by atoms with E-state index in [0.717, 1.165) is 15.0 Å². The molecule has 2 aliphatic rings. The minimum absolute atomic E-state index is 0.142. The summed E-state index contributed by atoms with van der Waals surface area (Å²) in [5.41, 5.74) is 5.68. The highest BCUT2D eigenvalue weighted by Crippen LogP contribution is 2.26. The Balaban J connectivity index is 1.34. The van der Waals surface area contributed by atoms with E-state index >= 15 is 0 Å². The molecule has 2 aliphatic heterocycles. The SMILES string of the molecule is Nc1cc2sc(CNC(=O)CN3C=NC4OC[C@@H](CO)NC4C3=O)cc2cn1. The predicted molar refractivity (Wildman–Crippen MR) is 104 cm³/mol. The van der Waals surface area contributed by atoms with E-state index in [1.54, 1.807) is 12.3 Å². The first-order chi connectivity index (χ1) is 13.5. The highest BCUT2D eigenvalue weighted by atomic mass is 32.1. The van der Waals surface area contributed by atoms with Crippen molar-refractivity contribution in [2.24, 2.45) is 4.99 Å². The number of ether oxygens (including phenoxy) is 1. The van der Waals surface area contributed by atoms with Crippen LogP contribution in [0.3, 0.4) is 0 Å². The fourth-order valence-electron chi connectivity index (χ4n) is 3.11. The summed E-state index contributed by atoms with van der Waals surface area (Å²) < 4.78 is 6.47. The third kappa shape index (κ3) is 3.83. The van der Waals surface area contributed by atoms with Crippen LogP contribution in [0.1, 0.15) is 4.88 Å². The third-order valence-electron chi connectivity index (χ3n) is 4.54. The summed E-state index contributed by atoms with van der Waals surface area (Å²) in [6, 6.07) is 2.71. The van der Waals surface area contributed by atoms with Gasteiger partial charge in [0, 0.05) is 21.2 Å². The number of aliphatic imine (C=N–C) groups is 1. The number of thiophene rings is 1. The number of hydrogen-bond donors (Lipinski definition) is 4. The van der Waals surface area contributed by atoms with Gasteiger partial charge in [-0.05, 0) is 12.1 Å². The van der Waals surface area contributed by atoms with Crippen LogP contribution in [0.15, 0.2) is 23.3 Å². The van der Waals surface area contributed by atoms with Gasteiger partial charge in [0.2, 0.25) is 11.8 Å². The Morgan fingerprint density at radius 2 is 2.36 bits per heavy atom. The maximum atomic E-state index is 12.6. The van der Waals surface area contributed by atoms with Crippen LogP contribution in [0.2, 0.25) is 0 Å². The zero-order chi connectivity index (χ0) is 19.7. The lowest BCUT2D eigenvalue weighted by Crippen LogP contribution is -2.64. The molecule has 0 spiro atoms. The standard InChI is InChI=1S/C17H20N6O4S/c18-13-2-12-9(3-19-13)1-11(28-12)4-20-14(25)5-23-8-21-16-15(17(23)26)22-10(6-24)7-27-16/h1-3,8,10,15-16,22,24H,4-7H2,(H2,18,19)(H,20,25)/t10-,15?,16?/m1/s1. The molecule has 1 saturated heterocycles. The largest absolute Gasteiger partial charge is 0.395 e. The average molecular weight is 404 g/mol. The summed E-state index contributed by atoms with van der Waals surface area (Å²) in [6.07, 6.45) is 2.40. The number of nitrogen functional groups attached to an aromatic ring is 1. The van der Waals surface area contributed by atoms with Gasteiger partial charge in [-0.3, -0.25) is 19.8 Å². The van der Waals surface area contributed by atoms with Gasteiger partial charge in [-0.15, -0.1) is 11.3 Å². The van der Waals surface area contributed by atoms with E-state index < -0.39 is 12.3 Å². The van der Waals surface area contributed by atoms with E-state index in [4.69, 9.17) is 10.5 Å². The minimum atomic E-state index is -0.704. The average Bonchev–Trinajstić information content (AvgIpc) is 3.10. The lowest BCUT2D eigenvalue weighted by Gasteiger charge is -2.38. The van der Waals surface area contributed by atoms with E-state index in [1.165, 1.54) is 22.6 Å². The normalized spacial score (nSPS) is 24.4. The molecule has 2 aromatic rings. The molecule has 2 amide bonds. The van der Waals surface area contributed by atoms with Crippen LogP contribution in [0.5, 0.6) is 0 Å². The number of nitrogens with two attached hydrogens (primary N) is 1. The monoisotopic (exact) mass is 404 g/mol. The number of aliphatic hydroxyl groups excluding tert-OH is 1. The Morgan fingerprint density at radius 3 is 3.18 bits per heavy atom. The molecule has 28 heavy (non-hydrogen) atoms. The van der Waals surface area contributed by atoms with Gasteiger partial charge in [-0.1, -0.05) is 0 Å². The molecule has 4 heterocycles. The van der Waals surface area contributed by atoms with Gasteiger partial charge >= 0.3 is 0 Å². The summed E-state index contributed by atoms with van der Waals surface area (Å²) in [5.74, 6) is -0.157. The van der Waals surface area contributed by atoms with E-state index in [-0.39, 0.29) is 37.6 Å². The smallest absolute Gasteiger partial charge is 0.250 e. The highest BCUT2D eigenvalue weighted by Gasteiger charge is 2.40. The zero-order valence-electron chi connectivity index (χ0n) is 14.9. The van der Waals surface area contributed by atoms with Gasteiger partial charge in [0.1, 0.15) is 18.4 Å². The first kappa shape index (κ1) is 18.7. The molecule has 10 nitrogen and oxygen atoms in total. The first-order valence-corrected chi connectivity index (χ1v) is 9.58. The fraction of sp³-hybridized carbons (Fsp3) is 0.412. The number of amides is 2. The number of fused-ring (bicyclic) bond motifs is 2. The number of nitrogens with zero attached hydrogens (tertiary/aromatic N) is 3. The van der Waals surface area contributed by atoms with E-state index in [1.807, 2.05) is 6.07 Å². The second-order valence-corrected chi connectivity index (χ2v) is 7.78. The lowest BCUT2D eigenvalue weighted by atomic mass is 10.1. The van der Waals surface area contributed by atoms with Crippen molar-refractivity contribution in [3.63, 3.8) is 0 Å². The van der Waals surface area contributed by atoms with Crippen molar-refractivity contribution in [1.82, 2.24) is 20.5 Å². The number of rotatable bonds is 5. The van der Waals surface area contributed by atoms with Crippen LogP contribution in [0, 0.1) is 0 Å². The number of carbonyl (C=O) groups is 2. The topological polar surface area (TPSA) is 142 Å². The second-order valence-electron chi connectivity index (χ2n) is 6.61. The molecular weight excluding hydrogens is 384 g/mol. The molecule has 11 heteroatoms. The Bertz CT molecular complexity index is 932. The van der Waals surface area contributed by atoms with Crippen molar-refractivity contribution < 1.29 is 19.4 Å². The van der Waals surface area contributed by atoms with Crippen LogP contribution in [0.25, 0.3) is 10.1 Å². The van der Waals surface area contributed by atoms with E-state index in [0.29, 0.717) is 12.4 Å². The van der Waals surface area contributed by atoms with Gasteiger partial charge in [0.15, 0.2) is 6.23 Å². The number of hydrogen-bond acceptors (Lipinski definition) is 9. The van der Waals surface area contributed by atoms with Crippen LogP contribution in [0.4, 0.5) is 5.82 Å². The molecule has 4 rings (SSSR count). The van der Waals surface area contributed by atoms with Gasteiger partial charge in [-0.25, -0.2) is 9.98 Å². The van der Waals surface area contributed by atoms with Crippen LogP contribution in [-0.4, -0.2) is 71.2 Å². The molecule has 0 saturated carbocycles. The summed E-state index contributed by atoms with van der Waals surface area (Å²) in [5, 5.41) is 16.0. The van der Waals surface area contributed by atoms with Crippen molar-refractivity contribution in [2.75, 3.05) is 25.5 Å². The third-order valence-corrected chi connectivity index (χ3v) is 5.64. The molecular formula is C17H20N6O4S. The predicted octanol–water partition coefficient (Wildman–Crippen LogP) is -0.959. The number of pyridine rings is 1. The zero-order valence-corrected chi connectivity index (χ0v) is 15.7. The molecule has 0 bridgehead atoms. The Kier molecular flexibility index (Phi) is 5.22. The van der Waals surface area contributed by atoms with Crippen molar-refractivity contribution in [1.29, 1.82) is 0 Å². The Hall–Kier alpha value is -2.60. The highest BCUT2D eigenvalue weighted by molar-refractivity contribution is 7.19. The van der Waals surface area contributed by atoms with Gasteiger partial charge in [-0.2, -0.15) is 0 Å². The fourth-order valence-corrected chi connectivity index (χ4v) is 4.13. The molecule has 2 aromatic heterocycles. The number of aromatic nitrogens is 1. The summed E-state index contributed by atoms with van der Waals surface area (Å²) in [7, 11) is 0. The summed E-state index contributed by atoms with van der Waals surface area (Å²) >= 11 is 1.53. The number of nitrogens with one attached hydrogen (secondary N) is 2. The molecule has 2 unspecified atom stereocenters. The number of morpholine rings is 1. The van der Waals surface area contributed by atoms with E-state index in [2.05, 4.69) is 20.6 Å². The molecule has 0 radical (unpaired) electrons. The van der Waals surface area contributed by atoms with Crippen molar-refractivity contribution in [2.45, 2.75) is 24.9 Å². The molecule has 5 N–H and O–H groups in total. The van der Waals surface area contributed by atoms with Gasteiger partial charge < -0.3 is 20.9 Å². The van der Waals surface area contributed by atoms with Crippen molar-refractivity contribution in [3.05, 3.63) is 23.2 Å². The first-order valence-electron chi connectivity index (χ1n) is 8.76. The number of aliphatic hydroxyl groups is 1. The van der Waals surface area contributed by atoms with E-state index in [9.17, 15) is 14.7 Å². The molecule has 0 aromatic carbocycles. The number of anilines is 1. The van der Waals surface area contributed by atoms with Crippen molar-refractivity contribution in [3.8, 4) is 0 Å². The molecule has 1 fully saturated rings. The summed E-state index contributed by atoms with van der Waals surface area (Å²) in [4.78, 5) is 35.3. The summed E-state index contributed by atoms with van der Waals surface area (Å²) in [6.45, 7) is 0.337. The van der Waals surface area contributed by atoms with Crippen LogP contribution in [-0.2, 0) is 20.9 Å². The molecule has 3 atom stereocenters. The quantitative estimate of drug-likeness (QED) is 0.503. The minimum Gasteiger partial charge on any atom is -0.395 e. The van der Waals surface area contributed by atoms with Crippen molar-refractivity contribution >= 4 is 45.4 Å². The lowest BCUT2D eigenvalue weighted by molar-refractivity contribution is -0.142. The van der Waals surface area contributed by atoms with Gasteiger partial charge in [0.05, 0.1) is 32.1 Å². The van der Waals surface area contributed by atoms with Gasteiger partial charge in [0.25, 0.3) is 0 Å². The van der Waals surface area contributed by atoms with Crippen LogP contribution < -0.4 is 16.4 Å². The second kappa shape index (κ2) is 7.80.